The number of aliphatic hydroxyl groups is 1. The van der Waals surface area contributed by atoms with E-state index in [0.717, 1.165) is 4.47 Å². The number of benzene rings is 1. The van der Waals surface area contributed by atoms with Gasteiger partial charge in [-0.25, -0.2) is 4.39 Å². The fraction of sp³-hybridized carbons (Fsp3) is 0.0909. The minimum absolute atomic E-state index is 0.374. The van der Waals surface area contributed by atoms with Crippen LogP contribution in [0.25, 0.3) is 0 Å². The van der Waals surface area contributed by atoms with Crippen molar-refractivity contribution >= 4 is 54.8 Å². The van der Waals surface area contributed by atoms with E-state index in [1.807, 2.05) is 0 Å². The van der Waals surface area contributed by atoms with Crippen LogP contribution in [0.1, 0.15) is 16.5 Å². The van der Waals surface area contributed by atoms with Crippen molar-refractivity contribution in [1.29, 1.82) is 0 Å². The molecule has 17 heavy (non-hydrogen) atoms. The first-order valence-electron chi connectivity index (χ1n) is 4.57. The van der Waals surface area contributed by atoms with Crippen LogP contribution in [0.3, 0.4) is 0 Å². The molecule has 6 heteroatoms. The summed E-state index contributed by atoms with van der Waals surface area (Å²) in [5.74, 6) is -0.400. The van der Waals surface area contributed by atoms with Gasteiger partial charge in [0.15, 0.2) is 0 Å². The number of hydrogen-bond donors (Lipinski definition) is 1. The van der Waals surface area contributed by atoms with Gasteiger partial charge < -0.3 is 5.11 Å². The Labute approximate surface area is 123 Å². The Morgan fingerprint density at radius 2 is 1.94 bits per heavy atom. The average Bonchev–Trinajstić information content (AvgIpc) is 2.62. The van der Waals surface area contributed by atoms with Gasteiger partial charge in [-0.3, -0.25) is 0 Å². The molecule has 2 aromatic rings. The zero-order chi connectivity index (χ0) is 12.6. The van der Waals surface area contributed by atoms with Crippen LogP contribution in [-0.2, 0) is 0 Å². The number of hydrogen-bond acceptors (Lipinski definition) is 2. The first kappa shape index (κ1) is 13.5. The van der Waals surface area contributed by atoms with E-state index in [-0.39, 0.29) is 0 Å². The second-order valence-corrected chi connectivity index (χ2v) is 6.74. The maximum absolute atomic E-state index is 13.3. The van der Waals surface area contributed by atoms with Gasteiger partial charge in [-0.1, -0.05) is 17.7 Å². The summed E-state index contributed by atoms with van der Waals surface area (Å²) in [6.07, 6.45) is -0.869. The van der Waals surface area contributed by atoms with Crippen molar-refractivity contribution in [3.8, 4) is 0 Å². The first-order chi connectivity index (χ1) is 7.99. The van der Waals surface area contributed by atoms with Crippen molar-refractivity contribution in [2.75, 3.05) is 0 Å². The summed E-state index contributed by atoms with van der Waals surface area (Å²) in [6, 6.07) is 6.27. The normalized spacial score (nSPS) is 12.8. The Hall–Kier alpha value is 0.0600. The first-order valence-corrected chi connectivity index (χ1v) is 7.35. The van der Waals surface area contributed by atoms with E-state index in [9.17, 15) is 9.50 Å². The summed E-state index contributed by atoms with van der Waals surface area (Å²) in [4.78, 5) is 0.670. The molecule has 0 amide bonds. The van der Waals surface area contributed by atoms with Crippen LogP contribution in [0.15, 0.2) is 33.2 Å². The molecular weight excluding hydrogens is 394 g/mol. The van der Waals surface area contributed by atoms with Crippen LogP contribution in [0.2, 0.25) is 4.34 Å². The van der Waals surface area contributed by atoms with Gasteiger partial charge in [0.1, 0.15) is 16.3 Å². The second-order valence-electron chi connectivity index (χ2n) is 3.35. The maximum Gasteiger partial charge on any atom is 0.137 e. The number of rotatable bonds is 2. The van der Waals surface area contributed by atoms with E-state index in [2.05, 4.69) is 31.9 Å². The molecule has 2 rings (SSSR count). The van der Waals surface area contributed by atoms with Gasteiger partial charge in [-0.2, -0.15) is 0 Å². The lowest BCUT2D eigenvalue weighted by atomic mass is 10.1. The molecule has 1 atom stereocenters. The van der Waals surface area contributed by atoms with Crippen molar-refractivity contribution in [2.45, 2.75) is 6.10 Å². The predicted octanol–water partition coefficient (Wildman–Crippen LogP) is 5.15. The summed E-state index contributed by atoms with van der Waals surface area (Å²) < 4.78 is 15.0. The number of thiophene rings is 1. The van der Waals surface area contributed by atoms with Gasteiger partial charge in [0, 0.05) is 9.35 Å². The lowest BCUT2D eigenvalue weighted by molar-refractivity contribution is 0.223. The number of halogens is 4. The number of aliphatic hydroxyl groups excluding tert-OH is 1. The molecule has 1 unspecified atom stereocenters. The Bertz CT molecular complexity index is 539. The predicted molar refractivity (Wildman–Crippen MR) is 75.2 cm³/mol. The molecule has 0 spiro atoms. The topological polar surface area (TPSA) is 20.2 Å². The third-order valence-corrected chi connectivity index (χ3v) is 5.36. The summed E-state index contributed by atoms with van der Waals surface area (Å²) in [7, 11) is 0. The molecule has 0 saturated carbocycles. The minimum Gasteiger partial charge on any atom is -0.383 e. The third kappa shape index (κ3) is 2.90. The van der Waals surface area contributed by atoms with Crippen molar-refractivity contribution in [3.05, 3.63) is 53.8 Å². The molecule has 1 aromatic carbocycles. The van der Waals surface area contributed by atoms with Crippen LogP contribution in [0, 0.1) is 5.82 Å². The van der Waals surface area contributed by atoms with Gasteiger partial charge in [-0.15, -0.1) is 11.3 Å². The minimum atomic E-state index is -0.869. The highest BCUT2D eigenvalue weighted by Gasteiger charge is 2.16. The van der Waals surface area contributed by atoms with Crippen LogP contribution in [0.5, 0.6) is 0 Å². The van der Waals surface area contributed by atoms with Gasteiger partial charge in [-0.05, 0) is 55.6 Å². The van der Waals surface area contributed by atoms with Gasteiger partial charge in [0.05, 0.1) is 4.47 Å². The van der Waals surface area contributed by atoms with Gasteiger partial charge in [0.25, 0.3) is 0 Å². The van der Waals surface area contributed by atoms with E-state index in [1.165, 1.54) is 17.4 Å². The zero-order valence-electron chi connectivity index (χ0n) is 8.25. The molecule has 1 heterocycles. The summed E-state index contributed by atoms with van der Waals surface area (Å²) in [5, 5.41) is 10.1. The highest BCUT2D eigenvalue weighted by Crippen LogP contribution is 2.37. The smallest absolute Gasteiger partial charge is 0.137 e. The summed E-state index contributed by atoms with van der Waals surface area (Å²) in [6.45, 7) is 0. The lowest BCUT2D eigenvalue weighted by Gasteiger charge is -2.09. The van der Waals surface area contributed by atoms with Crippen LogP contribution >= 0.6 is 54.8 Å². The zero-order valence-corrected chi connectivity index (χ0v) is 13.0. The SMILES string of the molecule is OC(c1ccc(Br)c(F)c1)c1cc(Br)c(Cl)s1. The second kappa shape index (κ2) is 5.36. The van der Waals surface area contributed by atoms with E-state index < -0.39 is 11.9 Å². The molecule has 0 radical (unpaired) electrons. The standard InChI is InChI=1S/C11H6Br2ClFOS/c12-6-2-1-5(3-8(6)15)10(16)9-4-7(13)11(14)17-9/h1-4,10,16H. The molecule has 0 saturated heterocycles. The van der Waals surface area contributed by atoms with E-state index in [0.29, 0.717) is 19.2 Å². The van der Waals surface area contributed by atoms with Crippen molar-refractivity contribution in [1.82, 2.24) is 0 Å². The van der Waals surface area contributed by atoms with Gasteiger partial charge in [0.2, 0.25) is 0 Å². The Kier molecular flexibility index (Phi) is 4.26. The Morgan fingerprint density at radius 1 is 1.24 bits per heavy atom. The molecule has 0 aliphatic carbocycles. The van der Waals surface area contributed by atoms with Crippen molar-refractivity contribution in [3.63, 3.8) is 0 Å². The Balaban J connectivity index is 2.36. The van der Waals surface area contributed by atoms with Crippen LogP contribution in [-0.4, -0.2) is 5.11 Å². The van der Waals surface area contributed by atoms with Crippen molar-refractivity contribution in [2.24, 2.45) is 0 Å². The monoisotopic (exact) mass is 398 g/mol. The molecule has 0 bridgehead atoms. The fourth-order valence-corrected chi connectivity index (χ4v) is 3.34. The molecule has 0 aliphatic heterocycles. The third-order valence-electron chi connectivity index (χ3n) is 2.19. The van der Waals surface area contributed by atoms with Crippen LogP contribution < -0.4 is 0 Å². The lowest BCUT2D eigenvalue weighted by Crippen LogP contribution is -1.97. The highest BCUT2D eigenvalue weighted by molar-refractivity contribution is 9.10. The van der Waals surface area contributed by atoms with Crippen LogP contribution in [0.4, 0.5) is 4.39 Å². The molecule has 0 aliphatic rings. The summed E-state index contributed by atoms with van der Waals surface area (Å²) in [5.41, 5.74) is 0.496. The molecule has 1 aromatic heterocycles. The average molecular weight is 400 g/mol. The fourth-order valence-electron chi connectivity index (χ4n) is 1.34. The maximum atomic E-state index is 13.3. The quantitative estimate of drug-likeness (QED) is 0.739. The van der Waals surface area contributed by atoms with E-state index in [1.54, 1.807) is 18.2 Å². The van der Waals surface area contributed by atoms with Crippen molar-refractivity contribution < 1.29 is 9.50 Å². The molecule has 90 valence electrons. The molecule has 0 fully saturated rings. The van der Waals surface area contributed by atoms with Gasteiger partial charge >= 0.3 is 0 Å². The molecular formula is C11H6Br2ClFOS. The largest absolute Gasteiger partial charge is 0.383 e. The van der Waals surface area contributed by atoms with E-state index in [4.69, 9.17) is 11.6 Å². The molecule has 1 N–H and O–H groups in total. The highest BCUT2D eigenvalue weighted by atomic mass is 79.9. The Morgan fingerprint density at radius 3 is 2.47 bits per heavy atom. The van der Waals surface area contributed by atoms with E-state index >= 15 is 0 Å². The summed E-state index contributed by atoms with van der Waals surface area (Å²) >= 11 is 13.5. The molecule has 1 nitrogen and oxygen atoms in total.